The Balaban J connectivity index is 2.13. The number of nitro benzene ring substituents is 1. The van der Waals surface area contributed by atoms with Gasteiger partial charge in [-0.15, -0.1) is 10.2 Å². The molecule has 2 aromatic rings. The van der Waals surface area contributed by atoms with E-state index in [0.717, 1.165) is 47.1 Å². The van der Waals surface area contributed by atoms with Gasteiger partial charge in [0.1, 0.15) is 10.0 Å². The Bertz CT molecular complexity index is 627. The maximum atomic E-state index is 10.9. The van der Waals surface area contributed by atoms with Crippen LogP contribution in [0.4, 0.5) is 5.69 Å². The maximum Gasteiger partial charge on any atom is 0.270 e. The van der Waals surface area contributed by atoms with Crippen LogP contribution in [-0.2, 0) is 6.42 Å². The van der Waals surface area contributed by atoms with Gasteiger partial charge in [0, 0.05) is 24.1 Å². The predicted octanol–water partition coefficient (Wildman–Crippen LogP) is 2.96. The van der Waals surface area contributed by atoms with Crippen molar-refractivity contribution in [1.82, 2.24) is 15.5 Å². The third-order valence-corrected chi connectivity index (χ3v) is 4.14. The van der Waals surface area contributed by atoms with Gasteiger partial charge in [0.2, 0.25) is 0 Å². The van der Waals surface area contributed by atoms with Gasteiger partial charge in [-0.05, 0) is 32.0 Å². The Morgan fingerprint density at radius 3 is 2.90 bits per heavy atom. The first kappa shape index (κ1) is 15.5. The summed E-state index contributed by atoms with van der Waals surface area (Å²) in [6, 6.07) is 4.83. The lowest BCUT2D eigenvalue weighted by atomic mass is 10.1. The highest BCUT2D eigenvalue weighted by molar-refractivity contribution is 7.14. The molecule has 21 heavy (non-hydrogen) atoms. The quantitative estimate of drug-likeness (QED) is 0.483. The van der Waals surface area contributed by atoms with Crippen LogP contribution in [0.3, 0.4) is 0 Å². The first-order chi connectivity index (χ1) is 10.1. The Kier molecular flexibility index (Phi) is 5.35. The highest BCUT2D eigenvalue weighted by atomic mass is 32.1. The molecule has 0 fully saturated rings. The molecular weight excluding hydrogens is 288 g/mol. The van der Waals surface area contributed by atoms with Gasteiger partial charge in [-0.1, -0.05) is 24.3 Å². The van der Waals surface area contributed by atoms with E-state index in [9.17, 15) is 10.1 Å². The zero-order valence-corrected chi connectivity index (χ0v) is 12.9. The van der Waals surface area contributed by atoms with Crippen LogP contribution >= 0.6 is 11.3 Å². The van der Waals surface area contributed by atoms with E-state index >= 15 is 0 Å². The van der Waals surface area contributed by atoms with Crippen molar-refractivity contribution in [1.29, 1.82) is 0 Å². The molecule has 0 aliphatic heterocycles. The monoisotopic (exact) mass is 306 g/mol. The normalized spacial score (nSPS) is 10.8. The molecule has 6 nitrogen and oxygen atoms in total. The van der Waals surface area contributed by atoms with Crippen LogP contribution < -0.4 is 5.32 Å². The Labute approximate surface area is 127 Å². The standard InChI is InChI=1S/C14H18N4O2S/c1-3-15-8-4-5-13-16-17-14(21-13)12-9-11(18(19)20)7-6-10(12)2/h6-7,9,15H,3-5,8H2,1-2H3. The summed E-state index contributed by atoms with van der Waals surface area (Å²) in [6.45, 7) is 5.93. The number of aryl methyl sites for hydroxylation is 2. The number of hydrogen-bond acceptors (Lipinski definition) is 6. The summed E-state index contributed by atoms with van der Waals surface area (Å²) in [5.41, 5.74) is 1.84. The van der Waals surface area contributed by atoms with Crippen LogP contribution in [0, 0.1) is 17.0 Å². The molecule has 7 heteroatoms. The van der Waals surface area contributed by atoms with Crippen molar-refractivity contribution in [3.8, 4) is 10.6 Å². The van der Waals surface area contributed by atoms with Crippen molar-refractivity contribution in [3.05, 3.63) is 38.9 Å². The number of nitrogens with zero attached hydrogens (tertiary/aromatic N) is 3. The highest BCUT2D eigenvalue weighted by Gasteiger charge is 2.14. The van der Waals surface area contributed by atoms with E-state index in [0.29, 0.717) is 0 Å². The average molecular weight is 306 g/mol. The summed E-state index contributed by atoms with van der Waals surface area (Å²) in [5, 5.41) is 24.2. The summed E-state index contributed by atoms with van der Waals surface area (Å²) in [4.78, 5) is 10.5. The average Bonchev–Trinajstić information content (AvgIpc) is 2.92. The molecule has 1 heterocycles. The van der Waals surface area contributed by atoms with Crippen LogP contribution in [0.1, 0.15) is 23.9 Å². The maximum absolute atomic E-state index is 10.9. The molecule has 0 saturated carbocycles. The molecule has 0 unspecified atom stereocenters. The number of nitrogens with one attached hydrogen (secondary N) is 1. The van der Waals surface area contributed by atoms with Gasteiger partial charge in [0.15, 0.2) is 0 Å². The van der Waals surface area contributed by atoms with Crippen molar-refractivity contribution < 1.29 is 4.92 Å². The Morgan fingerprint density at radius 1 is 1.38 bits per heavy atom. The van der Waals surface area contributed by atoms with Crippen molar-refractivity contribution >= 4 is 17.0 Å². The minimum absolute atomic E-state index is 0.0829. The molecule has 1 N–H and O–H groups in total. The molecule has 0 aliphatic rings. The molecule has 0 atom stereocenters. The zero-order chi connectivity index (χ0) is 15.2. The van der Waals surface area contributed by atoms with Gasteiger partial charge >= 0.3 is 0 Å². The second-order valence-corrected chi connectivity index (χ2v) is 5.78. The van der Waals surface area contributed by atoms with E-state index in [1.165, 1.54) is 17.4 Å². The van der Waals surface area contributed by atoms with Crippen molar-refractivity contribution in [2.24, 2.45) is 0 Å². The summed E-state index contributed by atoms with van der Waals surface area (Å²) in [6.07, 6.45) is 1.88. The molecule has 0 saturated heterocycles. The SMILES string of the molecule is CCNCCCc1nnc(-c2cc([N+](=O)[O-])ccc2C)s1. The lowest BCUT2D eigenvalue weighted by Gasteiger charge is -2.01. The molecule has 1 aromatic carbocycles. The van der Waals surface area contributed by atoms with E-state index in [4.69, 9.17) is 0 Å². The molecule has 0 spiro atoms. The number of non-ortho nitro benzene ring substituents is 1. The van der Waals surface area contributed by atoms with Crippen LogP contribution in [0.2, 0.25) is 0 Å². The van der Waals surface area contributed by atoms with Crippen molar-refractivity contribution in [3.63, 3.8) is 0 Å². The van der Waals surface area contributed by atoms with E-state index in [1.807, 2.05) is 6.92 Å². The number of rotatable bonds is 7. The Morgan fingerprint density at radius 2 is 2.19 bits per heavy atom. The van der Waals surface area contributed by atoms with Crippen molar-refractivity contribution in [2.75, 3.05) is 13.1 Å². The van der Waals surface area contributed by atoms with E-state index in [2.05, 4.69) is 22.4 Å². The fraction of sp³-hybridized carbons (Fsp3) is 0.429. The minimum Gasteiger partial charge on any atom is -0.317 e. The summed E-state index contributed by atoms with van der Waals surface area (Å²) in [7, 11) is 0. The van der Waals surface area contributed by atoms with Crippen LogP contribution in [0.25, 0.3) is 10.6 Å². The van der Waals surface area contributed by atoms with Gasteiger partial charge in [0.05, 0.1) is 4.92 Å². The van der Waals surface area contributed by atoms with Gasteiger partial charge in [0.25, 0.3) is 5.69 Å². The topological polar surface area (TPSA) is 81.0 Å². The van der Waals surface area contributed by atoms with Gasteiger partial charge in [-0.3, -0.25) is 10.1 Å². The molecular formula is C14H18N4O2S. The molecule has 2 rings (SSSR count). The first-order valence-corrected chi connectivity index (χ1v) is 7.72. The van der Waals surface area contributed by atoms with Crippen LogP contribution in [0.15, 0.2) is 18.2 Å². The zero-order valence-electron chi connectivity index (χ0n) is 12.1. The largest absolute Gasteiger partial charge is 0.317 e. The van der Waals surface area contributed by atoms with Crippen LogP contribution in [0.5, 0.6) is 0 Å². The third kappa shape index (κ3) is 4.05. The van der Waals surface area contributed by atoms with Gasteiger partial charge in [-0.25, -0.2) is 0 Å². The smallest absolute Gasteiger partial charge is 0.270 e. The summed E-state index contributed by atoms with van der Waals surface area (Å²) >= 11 is 1.51. The second-order valence-electron chi connectivity index (χ2n) is 4.71. The van der Waals surface area contributed by atoms with Gasteiger partial charge in [-0.2, -0.15) is 0 Å². The number of nitro groups is 1. The Hall–Kier alpha value is -1.86. The lowest BCUT2D eigenvalue weighted by Crippen LogP contribution is -2.14. The van der Waals surface area contributed by atoms with E-state index in [-0.39, 0.29) is 10.6 Å². The molecule has 1 aromatic heterocycles. The third-order valence-electron chi connectivity index (χ3n) is 3.12. The fourth-order valence-corrected chi connectivity index (χ4v) is 2.92. The molecule has 0 bridgehead atoms. The summed E-state index contributed by atoms with van der Waals surface area (Å²) < 4.78 is 0. The van der Waals surface area contributed by atoms with Crippen molar-refractivity contribution in [2.45, 2.75) is 26.7 Å². The molecule has 0 amide bonds. The van der Waals surface area contributed by atoms with E-state index in [1.54, 1.807) is 12.1 Å². The highest BCUT2D eigenvalue weighted by Crippen LogP contribution is 2.30. The number of aromatic nitrogens is 2. The molecule has 0 radical (unpaired) electrons. The lowest BCUT2D eigenvalue weighted by molar-refractivity contribution is -0.384. The van der Waals surface area contributed by atoms with Crippen LogP contribution in [-0.4, -0.2) is 28.2 Å². The van der Waals surface area contributed by atoms with Gasteiger partial charge < -0.3 is 5.32 Å². The first-order valence-electron chi connectivity index (χ1n) is 6.90. The minimum atomic E-state index is -0.388. The fourth-order valence-electron chi connectivity index (χ4n) is 1.96. The van der Waals surface area contributed by atoms with E-state index < -0.39 is 0 Å². The summed E-state index contributed by atoms with van der Waals surface area (Å²) in [5.74, 6) is 0. The molecule has 112 valence electrons. The molecule has 0 aliphatic carbocycles. The number of hydrogen-bond donors (Lipinski definition) is 1. The second kappa shape index (κ2) is 7.24. The predicted molar refractivity (Wildman–Crippen MR) is 83.6 cm³/mol. The number of benzene rings is 1.